The van der Waals surface area contributed by atoms with Crippen LogP contribution < -0.4 is 4.74 Å². The van der Waals surface area contributed by atoms with Crippen molar-refractivity contribution in [3.8, 4) is 5.75 Å². The van der Waals surface area contributed by atoms with E-state index in [0.29, 0.717) is 18.5 Å². The highest BCUT2D eigenvalue weighted by atomic mass is 16.5. The summed E-state index contributed by atoms with van der Waals surface area (Å²) in [5, 5.41) is 2.29. The van der Waals surface area contributed by atoms with Crippen LogP contribution >= 0.6 is 0 Å². The number of Topliss-reactive ketones (excluding diaryl/α,β-unsaturated/α-hetero) is 1. The van der Waals surface area contributed by atoms with Crippen LogP contribution in [-0.2, 0) is 6.42 Å². The van der Waals surface area contributed by atoms with Crippen LogP contribution in [0, 0.1) is 0 Å². The Morgan fingerprint density at radius 2 is 1.86 bits per heavy atom. The molecule has 0 bridgehead atoms. The lowest BCUT2D eigenvalue weighted by Crippen LogP contribution is -2.04. The third-order valence-corrected chi connectivity index (χ3v) is 3.77. The molecule has 3 rings (SSSR count). The first-order chi connectivity index (χ1) is 10.8. The van der Waals surface area contributed by atoms with Crippen LogP contribution in [0.2, 0.25) is 0 Å². The summed E-state index contributed by atoms with van der Waals surface area (Å²) in [6.45, 7) is 0. The number of benzene rings is 2. The number of carbonyl (C=O) groups is 1. The highest BCUT2D eigenvalue weighted by Crippen LogP contribution is 2.29. The van der Waals surface area contributed by atoms with Gasteiger partial charge in [-0.1, -0.05) is 36.4 Å². The van der Waals surface area contributed by atoms with Gasteiger partial charge in [-0.05, 0) is 35.4 Å². The van der Waals surface area contributed by atoms with Crippen molar-refractivity contribution in [3.63, 3.8) is 0 Å². The molecule has 0 aliphatic heterocycles. The second-order valence-electron chi connectivity index (χ2n) is 5.11. The number of nitrogens with zero attached hydrogens (tertiary/aromatic N) is 1. The lowest BCUT2D eigenvalue weighted by Gasteiger charge is -2.11. The molecule has 0 spiro atoms. The summed E-state index contributed by atoms with van der Waals surface area (Å²) in [5.41, 5.74) is 1.59. The van der Waals surface area contributed by atoms with Crippen molar-refractivity contribution in [2.45, 2.75) is 12.8 Å². The van der Waals surface area contributed by atoms with Crippen LogP contribution in [-0.4, -0.2) is 17.9 Å². The summed E-state index contributed by atoms with van der Waals surface area (Å²) < 4.78 is 5.46. The van der Waals surface area contributed by atoms with Gasteiger partial charge in [0.15, 0.2) is 5.78 Å². The van der Waals surface area contributed by atoms with Crippen LogP contribution in [0.1, 0.15) is 22.5 Å². The molecule has 3 nitrogen and oxygen atoms in total. The van der Waals surface area contributed by atoms with Crippen molar-refractivity contribution in [1.29, 1.82) is 0 Å². The Kier molecular flexibility index (Phi) is 4.15. The van der Waals surface area contributed by atoms with Crippen molar-refractivity contribution < 1.29 is 9.53 Å². The SMILES string of the molecule is COc1ccc2ccccc2c1CCC(=O)c1ccccn1. The Morgan fingerprint density at radius 3 is 2.64 bits per heavy atom. The summed E-state index contributed by atoms with van der Waals surface area (Å²) in [5.74, 6) is 0.878. The minimum absolute atomic E-state index is 0.0515. The number of fused-ring (bicyclic) bond motifs is 1. The normalized spacial score (nSPS) is 10.6. The van der Waals surface area contributed by atoms with Crippen molar-refractivity contribution in [2.24, 2.45) is 0 Å². The van der Waals surface area contributed by atoms with Gasteiger partial charge in [-0.3, -0.25) is 9.78 Å². The van der Waals surface area contributed by atoms with Gasteiger partial charge in [0.2, 0.25) is 0 Å². The predicted octanol–water partition coefficient (Wildman–Crippen LogP) is 4.06. The van der Waals surface area contributed by atoms with Crippen molar-refractivity contribution in [1.82, 2.24) is 4.98 Å². The molecule has 0 saturated heterocycles. The molecule has 0 radical (unpaired) electrons. The maximum absolute atomic E-state index is 12.3. The smallest absolute Gasteiger partial charge is 0.181 e. The van der Waals surface area contributed by atoms with E-state index in [1.807, 2.05) is 36.4 Å². The van der Waals surface area contributed by atoms with E-state index in [2.05, 4.69) is 17.1 Å². The molecule has 3 heteroatoms. The molecule has 1 aromatic heterocycles. The fraction of sp³-hybridized carbons (Fsp3) is 0.158. The Balaban J connectivity index is 1.88. The van der Waals surface area contributed by atoms with Gasteiger partial charge in [0.05, 0.1) is 7.11 Å². The topological polar surface area (TPSA) is 39.2 Å². The first kappa shape index (κ1) is 14.3. The molecule has 0 unspecified atom stereocenters. The zero-order valence-electron chi connectivity index (χ0n) is 12.5. The van der Waals surface area contributed by atoms with Gasteiger partial charge in [-0.15, -0.1) is 0 Å². The third-order valence-electron chi connectivity index (χ3n) is 3.77. The number of aromatic nitrogens is 1. The van der Waals surface area contributed by atoms with E-state index in [0.717, 1.165) is 22.1 Å². The summed E-state index contributed by atoms with van der Waals surface area (Å²) in [7, 11) is 1.66. The fourth-order valence-electron chi connectivity index (χ4n) is 2.66. The molecular formula is C19H17NO2. The molecule has 0 aliphatic rings. The number of hydrogen-bond acceptors (Lipinski definition) is 3. The highest BCUT2D eigenvalue weighted by Gasteiger charge is 2.12. The third kappa shape index (κ3) is 2.84. The average molecular weight is 291 g/mol. The molecule has 110 valence electrons. The Bertz CT molecular complexity index is 797. The molecule has 3 aromatic rings. The van der Waals surface area contributed by atoms with E-state index in [1.54, 1.807) is 19.4 Å². The minimum Gasteiger partial charge on any atom is -0.496 e. The van der Waals surface area contributed by atoms with Crippen molar-refractivity contribution >= 4 is 16.6 Å². The zero-order valence-corrected chi connectivity index (χ0v) is 12.5. The van der Waals surface area contributed by atoms with Gasteiger partial charge >= 0.3 is 0 Å². The number of hydrogen-bond donors (Lipinski definition) is 0. The highest BCUT2D eigenvalue weighted by molar-refractivity contribution is 5.95. The van der Waals surface area contributed by atoms with Gasteiger partial charge in [0.25, 0.3) is 0 Å². The number of pyridine rings is 1. The van der Waals surface area contributed by atoms with Crippen LogP contribution in [0.15, 0.2) is 60.8 Å². The van der Waals surface area contributed by atoms with Crippen LogP contribution in [0.4, 0.5) is 0 Å². The number of methoxy groups -OCH3 is 1. The summed E-state index contributed by atoms with van der Waals surface area (Å²) in [4.78, 5) is 16.4. The van der Waals surface area contributed by atoms with Gasteiger partial charge in [-0.2, -0.15) is 0 Å². The van der Waals surface area contributed by atoms with Gasteiger partial charge < -0.3 is 4.74 Å². The largest absolute Gasteiger partial charge is 0.496 e. The molecular weight excluding hydrogens is 274 g/mol. The molecule has 0 aliphatic carbocycles. The van der Waals surface area contributed by atoms with Gasteiger partial charge in [0, 0.05) is 18.2 Å². The lowest BCUT2D eigenvalue weighted by atomic mass is 9.98. The Labute approximate surface area is 129 Å². The van der Waals surface area contributed by atoms with Crippen molar-refractivity contribution in [2.75, 3.05) is 7.11 Å². The number of ether oxygens (including phenoxy) is 1. The molecule has 0 atom stereocenters. The predicted molar refractivity (Wildman–Crippen MR) is 87.4 cm³/mol. The summed E-state index contributed by atoms with van der Waals surface area (Å²) >= 11 is 0. The standard InChI is InChI=1S/C19H17NO2/c1-22-19-12-9-14-6-2-3-7-15(14)16(19)10-11-18(21)17-8-4-5-13-20-17/h2-9,12-13H,10-11H2,1H3. The second-order valence-corrected chi connectivity index (χ2v) is 5.11. The quantitative estimate of drug-likeness (QED) is 0.665. The maximum atomic E-state index is 12.3. The molecule has 0 saturated carbocycles. The van der Waals surface area contributed by atoms with Crippen molar-refractivity contribution in [3.05, 3.63) is 72.1 Å². The molecule has 2 aromatic carbocycles. The average Bonchev–Trinajstić information content (AvgIpc) is 2.60. The van der Waals surface area contributed by atoms with Gasteiger partial charge in [-0.25, -0.2) is 0 Å². The van der Waals surface area contributed by atoms with Crippen LogP contribution in [0.3, 0.4) is 0 Å². The number of aryl methyl sites for hydroxylation is 1. The Morgan fingerprint density at radius 1 is 1.05 bits per heavy atom. The van der Waals surface area contributed by atoms with Gasteiger partial charge in [0.1, 0.15) is 11.4 Å². The summed E-state index contributed by atoms with van der Waals surface area (Å²) in [6.07, 6.45) is 2.70. The molecule has 22 heavy (non-hydrogen) atoms. The first-order valence-corrected chi connectivity index (χ1v) is 7.28. The molecule has 1 heterocycles. The maximum Gasteiger partial charge on any atom is 0.181 e. The molecule has 0 amide bonds. The van der Waals surface area contributed by atoms with E-state index in [4.69, 9.17) is 4.74 Å². The van der Waals surface area contributed by atoms with Crippen LogP contribution in [0.25, 0.3) is 10.8 Å². The lowest BCUT2D eigenvalue weighted by molar-refractivity contribution is 0.0978. The van der Waals surface area contributed by atoms with Crippen LogP contribution in [0.5, 0.6) is 5.75 Å². The van der Waals surface area contributed by atoms with E-state index in [1.165, 1.54) is 0 Å². The zero-order chi connectivity index (χ0) is 15.4. The molecule has 0 N–H and O–H groups in total. The first-order valence-electron chi connectivity index (χ1n) is 7.28. The monoisotopic (exact) mass is 291 g/mol. The van der Waals surface area contributed by atoms with E-state index < -0.39 is 0 Å². The second kappa shape index (κ2) is 6.39. The van der Waals surface area contributed by atoms with E-state index in [-0.39, 0.29) is 5.78 Å². The minimum atomic E-state index is 0.0515. The number of carbonyl (C=O) groups excluding carboxylic acids is 1. The fourth-order valence-corrected chi connectivity index (χ4v) is 2.66. The van der Waals surface area contributed by atoms with E-state index >= 15 is 0 Å². The van der Waals surface area contributed by atoms with E-state index in [9.17, 15) is 4.79 Å². The molecule has 0 fully saturated rings. The Hall–Kier alpha value is -2.68. The number of ketones is 1. The number of rotatable bonds is 5. The summed E-state index contributed by atoms with van der Waals surface area (Å²) in [6, 6.07) is 17.5.